The summed E-state index contributed by atoms with van der Waals surface area (Å²) in [6.45, 7) is 4.44. The first-order valence-corrected chi connectivity index (χ1v) is 11.9. The molecule has 2 aliphatic rings. The van der Waals surface area contributed by atoms with E-state index in [1.54, 1.807) is 0 Å². The quantitative estimate of drug-likeness (QED) is 0.554. The Hall–Kier alpha value is -2.43. The summed E-state index contributed by atoms with van der Waals surface area (Å²) in [6.07, 6.45) is 2.36. The maximum Gasteiger partial charge on any atom is 0.255 e. The number of halogens is 1. The second-order valence-corrected chi connectivity index (χ2v) is 9.74. The summed E-state index contributed by atoms with van der Waals surface area (Å²) in [5.74, 6) is -0.660. The lowest BCUT2D eigenvalue weighted by Gasteiger charge is -2.25. The second-order valence-electron chi connectivity index (χ2n) is 8.17. The van der Waals surface area contributed by atoms with Gasteiger partial charge in [-0.1, -0.05) is 11.6 Å². The van der Waals surface area contributed by atoms with Crippen LogP contribution in [-0.4, -0.2) is 65.7 Å². The van der Waals surface area contributed by atoms with Crippen molar-refractivity contribution < 1.29 is 19.1 Å². The summed E-state index contributed by atoms with van der Waals surface area (Å²) in [4.78, 5) is 35.4. The van der Waals surface area contributed by atoms with Crippen molar-refractivity contribution in [1.82, 2.24) is 20.2 Å². The summed E-state index contributed by atoms with van der Waals surface area (Å²) in [5.41, 5.74) is 4.74. The Morgan fingerprint density at radius 1 is 1.21 bits per heavy atom. The van der Waals surface area contributed by atoms with Crippen molar-refractivity contribution in [3.8, 4) is 11.3 Å². The lowest BCUT2D eigenvalue weighted by Crippen LogP contribution is -2.45. The van der Waals surface area contributed by atoms with Crippen LogP contribution in [0.5, 0.6) is 0 Å². The summed E-state index contributed by atoms with van der Waals surface area (Å²) in [5, 5.41) is 4.02. The highest BCUT2D eigenvalue weighted by Crippen LogP contribution is 2.37. The van der Waals surface area contributed by atoms with Gasteiger partial charge in [-0.25, -0.2) is 9.97 Å². The average molecular weight is 487 g/mol. The number of ether oxygens (including phenoxy) is 2. The third-order valence-corrected chi connectivity index (χ3v) is 7.19. The van der Waals surface area contributed by atoms with Crippen LogP contribution in [0.25, 0.3) is 21.5 Å². The van der Waals surface area contributed by atoms with Gasteiger partial charge in [0, 0.05) is 35.0 Å². The van der Waals surface area contributed by atoms with Gasteiger partial charge in [-0.2, -0.15) is 0 Å². The minimum atomic E-state index is -0.330. The van der Waals surface area contributed by atoms with E-state index >= 15 is 0 Å². The first-order valence-electron chi connectivity index (χ1n) is 10.8. The molecule has 0 radical (unpaired) electrons. The number of aromatic nitrogens is 2. The Labute approximate surface area is 199 Å². The van der Waals surface area contributed by atoms with E-state index in [2.05, 4.69) is 22.2 Å². The highest BCUT2D eigenvalue weighted by atomic mass is 35.5. The van der Waals surface area contributed by atoms with Crippen LogP contribution >= 0.6 is 22.9 Å². The van der Waals surface area contributed by atoms with E-state index in [0.717, 1.165) is 57.0 Å². The van der Waals surface area contributed by atoms with Crippen molar-refractivity contribution in [2.45, 2.75) is 26.0 Å². The Bertz CT molecular complexity index is 1210. The molecule has 1 unspecified atom stereocenters. The smallest absolute Gasteiger partial charge is 0.255 e. The van der Waals surface area contributed by atoms with Gasteiger partial charge in [0.05, 0.1) is 35.2 Å². The van der Waals surface area contributed by atoms with E-state index < -0.39 is 0 Å². The molecule has 1 aromatic carbocycles. The van der Waals surface area contributed by atoms with Gasteiger partial charge in [0.2, 0.25) is 0 Å². The van der Waals surface area contributed by atoms with Crippen LogP contribution < -0.4 is 5.32 Å². The molecule has 4 heterocycles. The molecule has 10 heteroatoms. The van der Waals surface area contributed by atoms with Crippen LogP contribution in [-0.2, 0) is 32.0 Å². The van der Waals surface area contributed by atoms with Crippen molar-refractivity contribution in [2.75, 3.05) is 32.9 Å². The number of rotatable bonds is 5. The van der Waals surface area contributed by atoms with Gasteiger partial charge < -0.3 is 14.8 Å². The number of hydrogen-bond donors (Lipinski definition) is 1. The molecular formula is C23H23ClN4O4S. The number of imide groups is 1. The van der Waals surface area contributed by atoms with Gasteiger partial charge in [-0.3, -0.25) is 14.5 Å². The van der Waals surface area contributed by atoms with Gasteiger partial charge in [-0.05, 0) is 36.2 Å². The van der Waals surface area contributed by atoms with Crippen molar-refractivity contribution in [3.05, 3.63) is 45.6 Å². The molecule has 5 rings (SSSR count). The van der Waals surface area contributed by atoms with Crippen molar-refractivity contribution >= 4 is 45.0 Å². The highest BCUT2D eigenvalue weighted by molar-refractivity contribution is 7.19. The van der Waals surface area contributed by atoms with Crippen LogP contribution in [0.2, 0.25) is 5.02 Å². The van der Waals surface area contributed by atoms with E-state index in [1.165, 1.54) is 22.6 Å². The lowest BCUT2D eigenvalue weighted by atomic mass is 9.94. The fourth-order valence-corrected chi connectivity index (χ4v) is 5.63. The van der Waals surface area contributed by atoms with Crippen LogP contribution in [0.15, 0.2) is 24.5 Å². The normalized spacial score (nSPS) is 19.5. The number of aryl methyl sites for hydroxylation is 1. The zero-order valence-electron chi connectivity index (χ0n) is 18.1. The summed E-state index contributed by atoms with van der Waals surface area (Å²) in [6, 6.07) is 5.81. The third-order valence-electron chi connectivity index (χ3n) is 5.86. The van der Waals surface area contributed by atoms with Crippen LogP contribution in [0.3, 0.4) is 0 Å². The predicted octanol–water partition coefficient (Wildman–Crippen LogP) is 2.74. The first kappa shape index (κ1) is 22.4. The monoisotopic (exact) mass is 486 g/mol. The molecule has 1 atom stereocenters. The molecule has 172 valence electrons. The molecule has 2 aromatic heterocycles. The van der Waals surface area contributed by atoms with Crippen molar-refractivity contribution in [3.63, 3.8) is 0 Å². The number of carbonyl (C=O) groups excluding carboxylic acids is 2. The zero-order chi connectivity index (χ0) is 22.9. The molecule has 8 nitrogen and oxygen atoms in total. The fourth-order valence-electron chi connectivity index (χ4n) is 4.26. The number of benzene rings is 1. The SMILES string of the molecule is Cc1cc(Cl)cc(-c2ncnc3cc(CN4C(=O)COCC4=O)sc23)c1CC1CNCCO1. The fraction of sp³-hybridized carbons (Fsp3) is 0.391. The Balaban J connectivity index is 1.53. The van der Waals surface area contributed by atoms with Crippen LogP contribution in [0, 0.1) is 6.92 Å². The van der Waals surface area contributed by atoms with Crippen LogP contribution in [0.1, 0.15) is 16.0 Å². The molecule has 3 aromatic rings. The number of thiophene rings is 1. The van der Waals surface area contributed by atoms with Crippen LogP contribution in [0.4, 0.5) is 0 Å². The largest absolute Gasteiger partial charge is 0.375 e. The lowest BCUT2D eigenvalue weighted by molar-refractivity contribution is -0.159. The Morgan fingerprint density at radius 3 is 2.79 bits per heavy atom. The zero-order valence-corrected chi connectivity index (χ0v) is 19.7. The van der Waals surface area contributed by atoms with Gasteiger partial charge in [0.25, 0.3) is 11.8 Å². The summed E-state index contributed by atoms with van der Waals surface area (Å²) < 4.78 is 11.9. The van der Waals surface area contributed by atoms with Crippen molar-refractivity contribution in [2.24, 2.45) is 0 Å². The molecule has 0 saturated carbocycles. The van der Waals surface area contributed by atoms with E-state index in [1.807, 2.05) is 18.2 Å². The second kappa shape index (κ2) is 9.44. The highest BCUT2D eigenvalue weighted by Gasteiger charge is 2.28. The van der Waals surface area contributed by atoms with Gasteiger partial charge >= 0.3 is 0 Å². The number of amides is 2. The molecule has 2 aliphatic heterocycles. The van der Waals surface area contributed by atoms with Gasteiger partial charge in [-0.15, -0.1) is 11.3 Å². The number of hydrogen-bond acceptors (Lipinski definition) is 8. The minimum Gasteiger partial charge on any atom is -0.375 e. The molecule has 2 amide bonds. The molecular weight excluding hydrogens is 464 g/mol. The average Bonchev–Trinajstić information content (AvgIpc) is 3.22. The van der Waals surface area contributed by atoms with E-state index in [0.29, 0.717) is 11.6 Å². The number of nitrogens with one attached hydrogen (secondary N) is 1. The number of morpholine rings is 2. The summed E-state index contributed by atoms with van der Waals surface area (Å²) >= 11 is 7.94. The van der Waals surface area contributed by atoms with Crippen molar-refractivity contribution in [1.29, 1.82) is 0 Å². The van der Waals surface area contributed by atoms with E-state index in [-0.39, 0.29) is 37.7 Å². The number of fused-ring (bicyclic) bond motifs is 1. The van der Waals surface area contributed by atoms with E-state index in [4.69, 9.17) is 21.1 Å². The molecule has 0 spiro atoms. The predicted molar refractivity (Wildman–Crippen MR) is 125 cm³/mol. The summed E-state index contributed by atoms with van der Waals surface area (Å²) in [7, 11) is 0. The molecule has 0 bridgehead atoms. The Kier molecular flexibility index (Phi) is 6.40. The molecule has 2 fully saturated rings. The number of nitrogens with zero attached hydrogens (tertiary/aromatic N) is 3. The maximum absolute atomic E-state index is 12.1. The Morgan fingerprint density at radius 2 is 2.03 bits per heavy atom. The van der Waals surface area contributed by atoms with Gasteiger partial charge in [0.15, 0.2) is 0 Å². The molecule has 1 N–H and O–H groups in total. The molecule has 0 aliphatic carbocycles. The minimum absolute atomic E-state index is 0.0759. The van der Waals surface area contributed by atoms with Gasteiger partial charge in [0.1, 0.15) is 19.5 Å². The third kappa shape index (κ3) is 4.64. The first-order chi connectivity index (χ1) is 16.0. The number of carbonyl (C=O) groups is 2. The molecule has 33 heavy (non-hydrogen) atoms. The van der Waals surface area contributed by atoms with E-state index in [9.17, 15) is 9.59 Å². The standard InChI is InChI=1S/C23H23ClN4O4S/c1-13-4-14(24)5-18(17(13)6-15-8-25-2-3-32-15)22-23-19(26-12-27-22)7-16(33-23)9-28-20(29)10-31-11-21(28)30/h4-5,7,12,15,25H,2-3,6,8-11H2,1H3. The molecule has 2 saturated heterocycles. The maximum atomic E-state index is 12.1. The topological polar surface area (TPSA) is 93.7 Å².